The van der Waals surface area contributed by atoms with Gasteiger partial charge in [-0.15, -0.1) is 0 Å². The number of ether oxygens (including phenoxy) is 6. The molecule has 0 radical (unpaired) electrons. The average molecular weight is 871 g/mol. The first-order valence-corrected chi connectivity index (χ1v) is 25.7. The fraction of sp³-hybridized carbons (Fsp3) is 0.690. The van der Waals surface area contributed by atoms with Crippen LogP contribution in [0.2, 0.25) is 0 Å². The highest BCUT2D eigenvalue weighted by atomic mass is 16.6. The molecule has 0 heterocycles. The quantitative estimate of drug-likeness (QED) is 0.181. The third-order valence-electron chi connectivity index (χ3n) is 20.5. The summed E-state index contributed by atoms with van der Waals surface area (Å²) in [7, 11) is 0. The van der Waals surface area contributed by atoms with E-state index in [2.05, 4.69) is 119 Å². The summed E-state index contributed by atoms with van der Waals surface area (Å²) in [5, 5.41) is 0. The molecule has 11 rings (SSSR count). The fourth-order valence-corrected chi connectivity index (χ4v) is 16.1. The maximum absolute atomic E-state index is 7.44. The van der Waals surface area contributed by atoms with Crippen molar-refractivity contribution in [1.82, 2.24) is 0 Å². The van der Waals surface area contributed by atoms with Crippen LogP contribution in [0.3, 0.4) is 0 Å². The molecule has 346 valence electrons. The van der Waals surface area contributed by atoms with E-state index in [0.29, 0.717) is 58.8 Å². The van der Waals surface area contributed by atoms with Crippen molar-refractivity contribution in [2.45, 2.75) is 183 Å². The van der Waals surface area contributed by atoms with Gasteiger partial charge in [0.25, 0.3) is 0 Å². The second-order valence-electron chi connectivity index (χ2n) is 25.5. The van der Waals surface area contributed by atoms with E-state index in [4.69, 9.17) is 28.4 Å². The SMILES string of the molecule is CC1CCC2C(C)(C)C2(Oc2cccc(Oc3ccc(Oc4cccc(OC56CC(C)CCC5C6(C)C)c4OC45CC(C)CCC4C5(C)C)cc3)c2OC23CC(C)CCC2C3(C)C)C1. The van der Waals surface area contributed by atoms with Gasteiger partial charge in [-0.05, 0) is 124 Å². The highest BCUT2D eigenvalue weighted by Crippen LogP contribution is 2.75. The van der Waals surface area contributed by atoms with Crippen molar-refractivity contribution in [3.63, 3.8) is 0 Å². The van der Waals surface area contributed by atoms with Crippen LogP contribution in [0.5, 0.6) is 46.0 Å². The van der Waals surface area contributed by atoms with Gasteiger partial charge < -0.3 is 28.4 Å². The molecule has 8 fully saturated rings. The van der Waals surface area contributed by atoms with Gasteiger partial charge >= 0.3 is 0 Å². The van der Waals surface area contributed by atoms with E-state index in [9.17, 15) is 0 Å². The summed E-state index contributed by atoms with van der Waals surface area (Å²) in [4.78, 5) is 0. The maximum atomic E-state index is 7.44. The van der Waals surface area contributed by atoms with Gasteiger partial charge in [-0.25, -0.2) is 0 Å². The van der Waals surface area contributed by atoms with E-state index in [1.165, 1.54) is 51.4 Å². The monoisotopic (exact) mass is 871 g/mol. The first-order chi connectivity index (χ1) is 30.2. The summed E-state index contributed by atoms with van der Waals surface area (Å²) < 4.78 is 43.3. The minimum atomic E-state index is -0.232. The zero-order chi connectivity index (χ0) is 45.0. The largest absolute Gasteiger partial charge is 0.482 e. The molecule has 64 heavy (non-hydrogen) atoms. The van der Waals surface area contributed by atoms with Crippen LogP contribution in [0.4, 0.5) is 0 Å². The van der Waals surface area contributed by atoms with Crippen molar-refractivity contribution in [1.29, 1.82) is 0 Å². The Kier molecular flexibility index (Phi) is 9.42. The lowest BCUT2D eigenvalue weighted by Gasteiger charge is -2.33. The number of fused-ring (bicyclic) bond motifs is 4. The predicted molar refractivity (Wildman–Crippen MR) is 254 cm³/mol. The summed E-state index contributed by atoms with van der Waals surface area (Å²) in [5.74, 6) is 10.6. The molecule has 0 bridgehead atoms. The van der Waals surface area contributed by atoms with Crippen molar-refractivity contribution < 1.29 is 28.4 Å². The van der Waals surface area contributed by atoms with E-state index in [1.54, 1.807) is 0 Å². The summed E-state index contributed by atoms with van der Waals surface area (Å²) in [6.45, 7) is 28.8. The van der Waals surface area contributed by atoms with Gasteiger partial charge in [0.15, 0.2) is 23.0 Å². The predicted octanol–water partition coefficient (Wildman–Crippen LogP) is 15.6. The summed E-state index contributed by atoms with van der Waals surface area (Å²) >= 11 is 0. The molecular formula is C58H78O6. The molecule has 8 aliphatic carbocycles. The molecule has 6 heteroatoms. The van der Waals surface area contributed by atoms with Gasteiger partial charge in [-0.2, -0.15) is 0 Å². The van der Waals surface area contributed by atoms with Gasteiger partial charge in [-0.3, -0.25) is 0 Å². The zero-order valence-electron chi connectivity index (χ0n) is 41.3. The van der Waals surface area contributed by atoms with Crippen LogP contribution in [-0.4, -0.2) is 22.4 Å². The van der Waals surface area contributed by atoms with Crippen molar-refractivity contribution in [2.75, 3.05) is 0 Å². The van der Waals surface area contributed by atoms with Crippen LogP contribution in [0.15, 0.2) is 60.7 Å². The number of hydrogen-bond acceptors (Lipinski definition) is 6. The standard InChI is InChI=1S/C58H78O6/c1-35-19-27-45-51(5,6)55(45,31-35)61-43-17-13-15-41(49(43)63-57-33-37(3)21-29-47(57)53(57,9)10)59-39-23-25-40(26-24-39)60-42-16-14-18-44(62-56-32-36(2)20-28-46(56)52(56,7)8)50(42)64-58-34-38(4)22-30-48(58)54(58,11)12/h13-18,23-26,35-38,45-48H,19-22,27-34H2,1-12H3. The number of hydrogen-bond donors (Lipinski definition) is 0. The van der Waals surface area contributed by atoms with E-state index < -0.39 is 0 Å². The van der Waals surface area contributed by atoms with Crippen LogP contribution >= 0.6 is 0 Å². The second-order valence-corrected chi connectivity index (χ2v) is 25.5. The van der Waals surface area contributed by atoms with E-state index in [0.717, 1.165) is 60.2 Å². The van der Waals surface area contributed by atoms with E-state index in [-0.39, 0.29) is 44.1 Å². The lowest BCUT2D eigenvalue weighted by molar-refractivity contribution is 0.0557. The maximum Gasteiger partial charge on any atom is 0.204 e. The van der Waals surface area contributed by atoms with Crippen molar-refractivity contribution in [3.05, 3.63) is 60.7 Å². The van der Waals surface area contributed by atoms with Gasteiger partial charge in [0.1, 0.15) is 33.9 Å². The third-order valence-corrected chi connectivity index (χ3v) is 20.5. The van der Waals surface area contributed by atoms with E-state index >= 15 is 0 Å². The molecule has 3 aromatic rings. The van der Waals surface area contributed by atoms with Gasteiger partial charge in [-0.1, -0.05) is 121 Å². The third kappa shape index (κ3) is 6.06. The Morgan fingerprint density at radius 1 is 0.344 bits per heavy atom. The average Bonchev–Trinajstić information content (AvgIpc) is 4.13. The highest BCUT2D eigenvalue weighted by molar-refractivity contribution is 5.57. The number of rotatable bonds is 12. The molecule has 12 unspecified atom stereocenters. The van der Waals surface area contributed by atoms with Crippen LogP contribution in [0.25, 0.3) is 0 Å². The van der Waals surface area contributed by atoms with Crippen LogP contribution in [-0.2, 0) is 0 Å². The molecule has 0 N–H and O–H groups in total. The Morgan fingerprint density at radius 2 is 0.609 bits per heavy atom. The molecular weight excluding hydrogens is 793 g/mol. The Hall–Kier alpha value is -3.54. The minimum absolute atomic E-state index is 0.0845. The molecule has 0 amide bonds. The molecule has 3 aromatic carbocycles. The summed E-state index contributed by atoms with van der Waals surface area (Å²) in [6.07, 6.45) is 14.1. The highest BCUT2D eigenvalue weighted by Gasteiger charge is 2.78. The molecule has 0 aromatic heterocycles. The zero-order valence-corrected chi connectivity index (χ0v) is 41.3. The lowest BCUT2D eigenvalue weighted by Crippen LogP contribution is -2.33. The number of benzene rings is 3. The van der Waals surface area contributed by atoms with Gasteiger partial charge in [0.2, 0.25) is 11.5 Å². The smallest absolute Gasteiger partial charge is 0.204 e. The van der Waals surface area contributed by atoms with E-state index in [1.807, 2.05) is 24.3 Å². The van der Waals surface area contributed by atoms with Gasteiger partial charge in [0, 0.05) is 45.3 Å². The molecule has 0 spiro atoms. The second kappa shape index (κ2) is 14.0. The fourth-order valence-electron chi connectivity index (χ4n) is 16.1. The van der Waals surface area contributed by atoms with Crippen molar-refractivity contribution in [3.8, 4) is 46.0 Å². The molecule has 12 atom stereocenters. The Balaban J connectivity index is 0.899. The topological polar surface area (TPSA) is 55.4 Å². The Bertz CT molecular complexity index is 2150. The minimum Gasteiger partial charge on any atom is -0.482 e. The Labute approximate surface area is 385 Å². The lowest BCUT2D eigenvalue weighted by atomic mass is 9.88. The van der Waals surface area contributed by atoms with Crippen LogP contribution in [0, 0.1) is 69.0 Å². The first kappa shape index (κ1) is 43.1. The van der Waals surface area contributed by atoms with Crippen LogP contribution < -0.4 is 28.4 Å². The number of para-hydroxylation sites is 2. The summed E-state index contributed by atoms with van der Waals surface area (Å²) in [5.41, 5.74) is -0.425. The van der Waals surface area contributed by atoms with Gasteiger partial charge in [0.05, 0.1) is 0 Å². The van der Waals surface area contributed by atoms with Crippen LogP contribution in [0.1, 0.15) is 160 Å². The molecule has 0 saturated heterocycles. The molecule has 0 aliphatic heterocycles. The van der Waals surface area contributed by atoms with Crippen molar-refractivity contribution in [2.24, 2.45) is 69.0 Å². The first-order valence-electron chi connectivity index (χ1n) is 25.7. The normalized spacial score (nSPS) is 40.8. The molecule has 8 saturated carbocycles. The van der Waals surface area contributed by atoms with Crippen molar-refractivity contribution >= 4 is 0 Å². The summed E-state index contributed by atoms with van der Waals surface area (Å²) in [6, 6.07) is 20.6. The Morgan fingerprint density at radius 3 is 0.906 bits per heavy atom. The molecule has 6 nitrogen and oxygen atoms in total. The molecule has 8 aliphatic rings.